The summed E-state index contributed by atoms with van der Waals surface area (Å²) in [6, 6.07) is 6.96. The molecule has 0 saturated carbocycles. The molecule has 2 N–H and O–H groups in total. The lowest BCUT2D eigenvalue weighted by molar-refractivity contribution is -0.135. The van der Waals surface area contributed by atoms with E-state index in [0.29, 0.717) is 21.1 Å². The van der Waals surface area contributed by atoms with E-state index in [1.807, 2.05) is 6.07 Å². The van der Waals surface area contributed by atoms with E-state index in [1.54, 1.807) is 25.1 Å². The average molecular weight is 453 g/mol. The number of benzene rings is 1. The number of thiazole rings is 1. The van der Waals surface area contributed by atoms with Crippen LogP contribution < -0.4 is 20.1 Å². The number of nitrogens with zero attached hydrogens (tertiary/aromatic N) is 3. The molecule has 0 spiro atoms. The van der Waals surface area contributed by atoms with Gasteiger partial charge in [-0.15, -0.1) is 11.3 Å². The maximum absolute atomic E-state index is 12.8. The van der Waals surface area contributed by atoms with Gasteiger partial charge in [-0.3, -0.25) is 14.5 Å². The van der Waals surface area contributed by atoms with Gasteiger partial charge in [0.1, 0.15) is 21.9 Å². The van der Waals surface area contributed by atoms with Gasteiger partial charge in [-0.05, 0) is 25.1 Å². The van der Waals surface area contributed by atoms with Crippen LogP contribution in [0.4, 0.5) is 5.69 Å². The number of anilines is 1. The minimum absolute atomic E-state index is 0.0416. The molecular weight excluding hydrogens is 434 g/mol. The van der Waals surface area contributed by atoms with Gasteiger partial charge in [0.2, 0.25) is 0 Å². The zero-order chi connectivity index (χ0) is 23.3. The minimum Gasteiger partial charge on any atom is -0.464 e. The molecule has 11 heteroatoms. The number of carbonyl (C=O) groups excluding carboxylic acids is 2. The van der Waals surface area contributed by atoms with E-state index in [4.69, 9.17) is 9.47 Å². The Morgan fingerprint density at radius 3 is 2.88 bits per heavy atom. The fourth-order valence-electron chi connectivity index (χ4n) is 2.89. The summed E-state index contributed by atoms with van der Waals surface area (Å²) in [4.78, 5) is 36.7. The monoisotopic (exact) mass is 453 g/mol. The van der Waals surface area contributed by atoms with Gasteiger partial charge in [-0.1, -0.05) is 12.7 Å². The summed E-state index contributed by atoms with van der Waals surface area (Å²) >= 11 is 1.00. The normalized spacial score (nSPS) is 12.2. The topological polar surface area (TPSA) is 139 Å². The molecule has 0 unspecified atom stereocenters. The summed E-state index contributed by atoms with van der Waals surface area (Å²) < 4.78 is 11.5. The number of ether oxygens (including phenoxy) is 2. The van der Waals surface area contributed by atoms with Crippen LogP contribution in [0.5, 0.6) is 0 Å². The second-order valence-corrected chi connectivity index (χ2v) is 7.34. The molecule has 3 rings (SSSR count). The van der Waals surface area contributed by atoms with Crippen LogP contribution in [-0.2, 0) is 20.8 Å². The van der Waals surface area contributed by atoms with Crippen molar-refractivity contribution in [1.29, 1.82) is 5.26 Å². The summed E-state index contributed by atoms with van der Waals surface area (Å²) in [6.07, 6.45) is 2.88. The number of aromatic nitrogens is 3. The number of fused-ring (bicyclic) bond motifs is 1. The number of esters is 2. The molecule has 2 aromatic heterocycles. The Labute approximate surface area is 185 Å². The van der Waals surface area contributed by atoms with Gasteiger partial charge in [-0.2, -0.15) is 10.4 Å². The molecule has 2 heterocycles. The standard InChI is InChI=1S/C21H19N5O5S/c1-4-8-31-20(28)14(10-22)19-26(5-2)18(27)16(32-19)11-23-12-6-7-13-15(9-12)24-25-17(13)21(29)30-3/h4,6-7,9,11,23H,1,5,8H2,2-3H3,(H,24,25). The van der Waals surface area contributed by atoms with Gasteiger partial charge >= 0.3 is 11.9 Å². The Hall–Kier alpha value is -4.17. The number of H-pyrrole nitrogens is 1. The molecule has 0 atom stereocenters. The molecule has 0 saturated heterocycles. The number of nitriles is 1. The van der Waals surface area contributed by atoms with Crippen LogP contribution >= 0.6 is 11.3 Å². The molecule has 0 amide bonds. The average Bonchev–Trinajstić information content (AvgIpc) is 3.36. The van der Waals surface area contributed by atoms with Gasteiger partial charge in [0, 0.05) is 23.8 Å². The van der Waals surface area contributed by atoms with Crippen LogP contribution in [-0.4, -0.2) is 40.4 Å². The summed E-state index contributed by atoms with van der Waals surface area (Å²) in [6.45, 7) is 5.44. The Kier molecular flexibility index (Phi) is 6.87. The fraction of sp³-hybridized carbons (Fsp3) is 0.190. The van der Waals surface area contributed by atoms with Crippen LogP contribution in [0.2, 0.25) is 0 Å². The first-order chi connectivity index (χ1) is 15.4. The molecule has 3 aromatic rings. The number of hydrogen-bond acceptors (Lipinski definition) is 9. The first-order valence-corrected chi connectivity index (χ1v) is 10.2. The molecule has 0 aliphatic heterocycles. The fourth-order valence-corrected chi connectivity index (χ4v) is 3.97. The Bertz CT molecular complexity index is 1420. The number of aromatic amines is 1. The van der Waals surface area contributed by atoms with Gasteiger partial charge < -0.3 is 14.8 Å². The van der Waals surface area contributed by atoms with Crippen molar-refractivity contribution in [2.75, 3.05) is 19.0 Å². The number of nitrogens with one attached hydrogen (secondary N) is 2. The van der Waals surface area contributed by atoms with Crippen molar-refractivity contribution in [3.05, 3.63) is 56.1 Å². The van der Waals surface area contributed by atoms with Gasteiger partial charge in [0.15, 0.2) is 11.3 Å². The zero-order valence-electron chi connectivity index (χ0n) is 17.3. The van der Waals surface area contributed by atoms with Crippen molar-refractivity contribution in [2.45, 2.75) is 13.5 Å². The summed E-state index contributed by atoms with van der Waals surface area (Å²) in [5.74, 6) is -1.37. The van der Waals surface area contributed by atoms with Gasteiger partial charge in [0.05, 0.1) is 12.6 Å². The maximum atomic E-state index is 12.8. The van der Waals surface area contributed by atoms with E-state index >= 15 is 0 Å². The lowest BCUT2D eigenvalue weighted by atomic mass is 10.2. The Morgan fingerprint density at radius 1 is 1.44 bits per heavy atom. The molecule has 0 aliphatic carbocycles. The molecule has 164 valence electrons. The van der Waals surface area contributed by atoms with E-state index in [9.17, 15) is 19.6 Å². The summed E-state index contributed by atoms with van der Waals surface area (Å²) in [5, 5.41) is 19.8. The van der Waals surface area contributed by atoms with Gasteiger partial charge in [0.25, 0.3) is 5.56 Å². The summed E-state index contributed by atoms with van der Waals surface area (Å²) in [5.41, 5.74) is 0.816. The Morgan fingerprint density at radius 2 is 2.22 bits per heavy atom. The van der Waals surface area contributed by atoms with Crippen molar-refractivity contribution in [3.8, 4) is 6.07 Å². The number of rotatable bonds is 7. The van der Waals surface area contributed by atoms with Crippen molar-refractivity contribution in [2.24, 2.45) is 0 Å². The van der Waals surface area contributed by atoms with Crippen LogP contribution in [0.25, 0.3) is 22.7 Å². The van der Waals surface area contributed by atoms with Crippen LogP contribution in [0.1, 0.15) is 17.4 Å². The third kappa shape index (κ3) is 4.30. The molecule has 0 bridgehead atoms. The predicted octanol–water partition coefficient (Wildman–Crippen LogP) is 0.846. The third-order valence-electron chi connectivity index (χ3n) is 4.40. The van der Waals surface area contributed by atoms with E-state index in [0.717, 1.165) is 11.3 Å². The number of methoxy groups -OCH3 is 1. The minimum atomic E-state index is -0.818. The van der Waals surface area contributed by atoms with Crippen LogP contribution in [0, 0.1) is 11.3 Å². The SMILES string of the molecule is C=CCOC(=O)C(C#N)=c1sc(=CNc2ccc3c(C(=O)OC)n[nH]c3c2)c(=O)n1CC. The molecule has 0 fully saturated rings. The largest absolute Gasteiger partial charge is 0.464 e. The van der Waals surface area contributed by atoms with Crippen molar-refractivity contribution in [1.82, 2.24) is 14.8 Å². The lowest BCUT2D eigenvalue weighted by Crippen LogP contribution is -2.32. The van der Waals surface area contributed by atoms with Crippen LogP contribution in [0.3, 0.4) is 0 Å². The van der Waals surface area contributed by atoms with Crippen molar-refractivity contribution in [3.63, 3.8) is 0 Å². The second kappa shape index (κ2) is 9.76. The van der Waals surface area contributed by atoms with E-state index in [-0.39, 0.29) is 34.6 Å². The summed E-state index contributed by atoms with van der Waals surface area (Å²) in [7, 11) is 1.28. The van der Waals surface area contributed by atoms with E-state index in [2.05, 4.69) is 22.1 Å². The first-order valence-electron chi connectivity index (χ1n) is 9.40. The molecule has 0 aliphatic rings. The van der Waals surface area contributed by atoms with Crippen molar-refractivity contribution >= 4 is 51.6 Å². The maximum Gasteiger partial charge on any atom is 0.359 e. The third-order valence-corrected chi connectivity index (χ3v) is 5.53. The van der Waals surface area contributed by atoms with Crippen molar-refractivity contribution < 1.29 is 19.1 Å². The van der Waals surface area contributed by atoms with Gasteiger partial charge in [-0.25, -0.2) is 9.59 Å². The predicted molar refractivity (Wildman–Crippen MR) is 119 cm³/mol. The smallest absolute Gasteiger partial charge is 0.359 e. The molecule has 1 aromatic carbocycles. The lowest BCUT2D eigenvalue weighted by Gasteiger charge is -2.00. The van der Waals surface area contributed by atoms with E-state index < -0.39 is 11.9 Å². The zero-order valence-corrected chi connectivity index (χ0v) is 18.1. The highest BCUT2D eigenvalue weighted by Crippen LogP contribution is 2.20. The van der Waals surface area contributed by atoms with E-state index in [1.165, 1.54) is 24.0 Å². The Balaban J connectivity index is 2.01. The number of carbonyl (C=O) groups is 2. The highest BCUT2D eigenvalue weighted by atomic mass is 32.1. The molecule has 0 radical (unpaired) electrons. The molecule has 10 nitrogen and oxygen atoms in total. The first kappa shape index (κ1) is 22.5. The second-order valence-electron chi connectivity index (χ2n) is 6.31. The highest BCUT2D eigenvalue weighted by molar-refractivity contribution is 7.07. The molecule has 32 heavy (non-hydrogen) atoms. The number of hydrogen-bond donors (Lipinski definition) is 2. The quantitative estimate of drug-likeness (QED) is 0.396. The molecular formula is C21H19N5O5S. The highest BCUT2D eigenvalue weighted by Gasteiger charge is 2.17. The van der Waals surface area contributed by atoms with Crippen LogP contribution in [0.15, 0.2) is 35.6 Å².